The van der Waals surface area contributed by atoms with E-state index < -0.39 is 0 Å². The Morgan fingerprint density at radius 2 is 2.14 bits per heavy atom. The van der Waals surface area contributed by atoms with E-state index in [9.17, 15) is 0 Å². The third kappa shape index (κ3) is 3.13. The van der Waals surface area contributed by atoms with Gasteiger partial charge in [-0.2, -0.15) is 0 Å². The van der Waals surface area contributed by atoms with E-state index in [4.69, 9.17) is 26.9 Å². The molecule has 2 aromatic carbocycles. The molecule has 4 nitrogen and oxygen atoms in total. The van der Waals surface area contributed by atoms with Crippen molar-refractivity contribution < 1.29 is 9.47 Å². The summed E-state index contributed by atoms with van der Waals surface area (Å²) in [5.74, 6) is 7.33. The van der Waals surface area contributed by atoms with E-state index >= 15 is 0 Å². The highest BCUT2D eigenvalue weighted by Crippen LogP contribution is 2.33. The average Bonchev–Trinajstić information content (AvgIpc) is 2.97. The molecule has 2 aromatic rings. The van der Waals surface area contributed by atoms with Crippen LogP contribution in [0.2, 0.25) is 5.02 Å². The van der Waals surface area contributed by atoms with Crippen LogP contribution in [0.25, 0.3) is 0 Å². The maximum absolute atomic E-state index is 5.95. The molecule has 0 aromatic heterocycles. The monoisotopic (exact) mass is 304 g/mol. The Hall–Kier alpha value is -1.75. The molecule has 1 aliphatic heterocycles. The van der Waals surface area contributed by atoms with Crippen molar-refractivity contribution in [2.75, 3.05) is 13.2 Å². The lowest BCUT2D eigenvalue weighted by Crippen LogP contribution is -2.32. The zero-order chi connectivity index (χ0) is 14.7. The van der Waals surface area contributed by atoms with Gasteiger partial charge in [-0.25, -0.2) is 5.43 Å². The summed E-state index contributed by atoms with van der Waals surface area (Å²) in [6, 6.07) is 13.3. The quantitative estimate of drug-likeness (QED) is 0.659. The van der Waals surface area contributed by atoms with Gasteiger partial charge < -0.3 is 9.47 Å². The van der Waals surface area contributed by atoms with Gasteiger partial charge in [-0.15, -0.1) is 0 Å². The van der Waals surface area contributed by atoms with Gasteiger partial charge in [0.05, 0.1) is 12.6 Å². The molecule has 5 heteroatoms. The first-order valence-electron chi connectivity index (χ1n) is 6.87. The molecule has 1 atom stereocenters. The second-order valence-corrected chi connectivity index (χ2v) is 5.36. The van der Waals surface area contributed by atoms with Gasteiger partial charge in [0.1, 0.15) is 18.1 Å². The van der Waals surface area contributed by atoms with Crippen LogP contribution in [-0.4, -0.2) is 13.2 Å². The van der Waals surface area contributed by atoms with Gasteiger partial charge in [-0.1, -0.05) is 35.9 Å². The summed E-state index contributed by atoms with van der Waals surface area (Å²) in [5.41, 5.74) is 5.04. The number of ether oxygens (including phenoxy) is 2. The smallest absolute Gasteiger partial charge is 0.127 e. The predicted octanol–water partition coefficient (Wildman–Crippen LogP) is 2.86. The summed E-state index contributed by atoms with van der Waals surface area (Å²) in [7, 11) is 0. The minimum Gasteiger partial charge on any atom is -0.493 e. The molecular weight excluding hydrogens is 288 g/mol. The zero-order valence-corrected chi connectivity index (χ0v) is 12.3. The zero-order valence-electron chi connectivity index (χ0n) is 11.5. The highest BCUT2D eigenvalue weighted by molar-refractivity contribution is 6.30. The Morgan fingerprint density at radius 1 is 1.29 bits per heavy atom. The van der Waals surface area contributed by atoms with E-state index in [0.717, 1.165) is 30.1 Å². The average molecular weight is 305 g/mol. The van der Waals surface area contributed by atoms with Gasteiger partial charge in [0.15, 0.2) is 0 Å². The lowest BCUT2D eigenvalue weighted by molar-refractivity contribution is 0.262. The summed E-state index contributed by atoms with van der Waals surface area (Å²) in [6.07, 6.45) is 0.940. The number of benzene rings is 2. The predicted molar refractivity (Wildman–Crippen MR) is 82.7 cm³/mol. The van der Waals surface area contributed by atoms with Crippen molar-refractivity contribution in [1.29, 1.82) is 0 Å². The van der Waals surface area contributed by atoms with Crippen molar-refractivity contribution in [3.63, 3.8) is 0 Å². The number of hydrogen-bond donors (Lipinski definition) is 2. The number of para-hydroxylation sites is 1. The Morgan fingerprint density at radius 3 is 2.95 bits per heavy atom. The molecule has 0 saturated carbocycles. The van der Waals surface area contributed by atoms with Crippen LogP contribution in [0.1, 0.15) is 17.2 Å². The lowest BCUT2D eigenvalue weighted by Gasteiger charge is -2.19. The first-order valence-corrected chi connectivity index (χ1v) is 7.25. The van der Waals surface area contributed by atoms with Crippen molar-refractivity contribution >= 4 is 11.6 Å². The van der Waals surface area contributed by atoms with Crippen LogP contribution in [0.15, 0.2) is 42.5 Å². The van der Waals surface area contributed by atoms with Crippen molar-refractivity contribution in [2.45, 2.75) is 12.5 Å². The summed E-state index contributed by atoms with van der Waals surface area (Å²) in [6.45, 7) is 1.12. The SMILES string of the molecule is NNC(COc1cccc(Cl)c1)c1cccc2c1OCC2. The van der Waals surface area contributed by atoms with E-state index in [2.05, 4.69) is 11.5 Å². The van der Waals surface area contributed by atoms with Crippen molar-refractivity contribution in [1.82, 2.24) is 5.43 Å². The van der Waals surface area contributed by atoms with Crippen LogP contribution >= 0.6 is 11.6 Å². The largest absolute Gasteiger partial charge is 0.493 e. The number of nitrogens with one attached hydrogen (secondary N) is 1. The number of halogens is 1. The fourth-order valence-corrected chi connectivity index (χ4v) is 2.66. The molecule has 1 aliphatic rings. The van der Waals surface area contributed by atoms with E-state index in [-0.39, 0.29) is 6.04 Å². The maximum Gasteiger partial charge on any atom is 0.127 e. The van der Waals surface area contributed by atoms with Crippen molar-refractivity contribution in [3.05, 3.63) is 58.6 Å². The number of fused-ring (bicyclic) bond motifs is 1. The number of hydrogen-bond acceptors (Lipinski definition) is 4. The van der Waals surface area contributed by atoms with Gasteiger partial charge in [0.2, 0.25) is 0 Å². The van der Waals surface area contributed by atoms with E-state index in [1.54, 1.807) is 6.07 Å². The molecule has 0 radical (unpaired) electrons. The minimum absolute atomic E-state index is 0.142. The van der Waals surface area contributed by atoms with Gasteiger partial charge >= 0.3 is 0 Å². The molecule has 0 spiro atoms. The number of rotatable bonds is 5. The third-order valence-electron chi connectivity index (χ3n) is 3.53. The molecule has 1 unspecified atom stereocenters. The summed E-state index contributed by atoms with van der Waals surface area (Å²) in [5, 5.41) is 0.647. The van der Waals surface area contributed by atoms with Gasteiger partial charge in [-0.05, 0) is 23.8 Å². The van der Waals surface area contributed by atoms with Crippen LogP contribution in [0, 0.1) is 0 Å². The second-order valence-electron chi connectivity index (χ2n) is 4.92. The molecular formula is C16H17ClN2O2. The molecule has 0 fully saturated rings. The highest BCUT2D eigenvalue weighted by atomic mass is 35.5. The normalized spacial score (nSPS) is 14.4. The lowest BCUT2D eigenvalue weighted by atomic mass is 10.0. The second kappa shape index (κ2) is 6.35. The molecule has 3 rings (SSSR count). The van der Waals surface area contributed by atoms with Gasteiger partial charge in [0.25, 0.3) is 0 Å². The molecule has 1 heterocycles. The summed E-state index contributed by atoms with van der Waals surface area (Å²) in [4.78, 5) is 0. The fourth-order valence-electron chi connectivity index (χ4n) is 2.48. The molecule has 21 heavy (non-hydrogen) atoms. The third-order valence-corrected chi connectivity index (χ3v) is 3.77. The van der Waals surface area contributed by atoms with Gasteiger partial charge in [0, 0.05) is 17.0 Å². The summed E-state index contributed by atoms with van der Waals surface area (Å²) < 4.78 is 11.5. The Balaban J connectivity index is 1.75. The topological polar surface area (TPSA) is 56.5 Å². The highest BCUT2D eigenvalue weighted by Gasteiger charge is 2.21. The standard InChI is InChI=1S/C16H17ClN2O2/c17-12-4-2-5-13(9-12)21-10-15(19-18)14-6-1-3-11-7-8-20-16(11)14/h1-6,9,15,19H,7-8,10,18H2. The minimum atomic E-state index is -0.142. The van der Waals surface area contributed by atoms with E-state index in [0.29, 0.717) is 11.6 Å². The Kier molecular flexibility index (Phi) is 4.29. The van der Waals surface area contributed by atoms with Crippen LogP contribution < -0.4 is 20.7 Å². The first-order chi connectivity index (χ1) is 10.3. The molecule has 0 aliphatic carbocycles. The van der Waals surface area contributed by atoms with E-state index in [1.165, 1.54) is 5.56 Å². The van der Waals surface area contributed by atoms with Crippen LogP contribution in [-0.2, 0) is 6.42 Å². The Labute approximate surface area is 128 Å². The molecule has 0 amide bonds. The summed E-state index contributed by atoms with van der Waals surface area (Å²) >= 11 is 5.95. The molecule has 0 saturated heterocycles. The van der Waals surface area contributed by atoms with E-state index in [1.807, 2.05) is 30.3 Å². The number of hydrazine groups is 1. The van der Waals surface area contributed by atoms with Crippen molar-refractivity contribution in [3.8, 4) is 11.5 Å². The first kappa shape index (κ1) is 14.2. The molecule has 110 valence electrons. The molecule has 3 N–H and O–H groups in total. The number of nitrogens with two attached hydrogens (primary N) is 1. The van der Waals surface area contributed by atoms with Crippen molar-refractivity contribution in [2.24, 2.45) is 5.84 Å². The van der Waals surface area contributed by atoms with Crippen LogP contribution in [0.5, 0.6) is 11.5 Å². The fraction of sp³-hybridized carbons (Fsp3) is 0.250. The Bertz CT molecular complexity index is 633. The van der Waals surface area contributed by atoms with Crippen LogP contribution in [0.3, 0.4) is 0 Å². The maximum atomic E-state index is 5.95. The molecule has 0 bridgehead atoms. The van der Waals surface area contributed by atoms with Crippen LogP contribution in [0.4, 0.5) is 0 Å². The van der Waals surface area contributed by atoms with Gasteiger partial charge in [-0.3, -0.25) is 5.84 Å².